The van der Waals surface area contributed by atoms with Crippen molar-refractivity contribution in [1.29, 1.82) is 0 Å². The Labute approximate surface area is 124 Å². The van der Waals surface area contributed by atoms with E-state index in [0.717, 1.165) is 64.4 Å². The van der Waals surface area contributed by atoms with E-state index in [-0.39, 0.29) is 0 Å². The minimum Gasteiger partial charge on any atom is -0.308 e. The first kappa shape index (κ1) is 15.9. The normalized spacial score (nSPS) is 30.1. The van der Waals surface area contributed by atoms with Crippen LogP contribution in [0.5, 0.6) is 0 Å². The van der Waals surface area contributed by atoms with Crippen molar-refractivity contribution >= 4 is 5.78 Å². The van der Waals surface area contributed by atoms with Crippen LogP contribution >= 0.6 is 0 Å². The number of nitrogens with zero attached hydrogens (tertiary/aromatic N) is 3. The number of Topliss-reactive ketones (excluding diaryl/α,β-unsaturated/α-hetero) is 1. The Morgan fingerprint density at radius 1 is 1.15 bits per heavy atom. The molecule has 1 aliphatic heterocycles. The number of rotatable bonds is 5. The van der Waals surface area contributed by atoms with Gasteiger partial charge in [-0.3, -0.25) is 9.69 Å². The number of carbonyl (C=O) groups is 1. The van der Waals surface area contributed by atoms with Gasteiger partial charge in [0.1, 0.15) is 5.78 Å². The summed E-state index contributed by atoms with van der Waals surface area (Å²) in [5.41, 5.74) is 0. The summed E-state index contributed by atoms with van der Waals surface area (Å²) in [7, 11) is 4.26. The summed E-state index contributed by atoms with van der Waals surface area (Å²) in [5, 5.41) is 0. The molecule has 0 radical (unpaired) electrons. The molecule has 0 amide bonds. The molecule has 0 spiro atoms. The summed E-state index contributed by atoms with van der Waals surface area (Å²) < 4.78 is 0. The number of carbonyl (C=O) groups excluding carboxylic acids is 1. The van der Waals surface area contributed by atoms with Gasteiger partial charge in [-0.15, -0.1) is 0 Å². The Hall–Kier alpha value is -0.450. The van der Waals surface area contributed by atoms with Crippen LogP contribution < -0.4 is 0 Å². The smallest absolute Gasteiger partial charge is 0.137 e. The molecule has 2 rings (SSSR count). The highest BCUT2D eigenvalue weighted by Gasteiger charge is 2.29. The summed E-state index contributed by atoms with van der Waals surface area (Å²) in [6.07, 6.45) is 3.03. The zero-order chi connectivity index (χ0) is 14.5. The Balaban J connectivity index is 1.70. The monoisotopic (exact) mass is 281 g/mol. The van der Waals surface area contributed by atoms with E-state index in [2.05, 4.69) is 35.7 Å². The Kier molecular flexibility index (Phi) is 6.00. The molecular formula is C16H31N3O. The highest BCUT2D eigenvalue weighted by Crippen LogP contribution is 2.26. The molecule has 2 atom stereocenters. The lowest BCUT2D eigenvalue weighted by molar-refractivity contribution is -0.126. The standard InChI is InChI=1S/C16H31N3O/c1-14-4-5-16(20)15(12-14)13-19-10-8-18(9-11-19)7-6-17(2)3/h14-15H,4-13H2,1-3H3. The molecule has 4 heteroatoms. The maximum atomic E-state index is 12.0. The summed E-state index contributed by atoms with van der Waals surface area (Å²) >= 11 is 0. The van der Waals surface area contributed by atoms with Crippen LogP contribution in [0.3, 0.4) is 0 Å². The molecule has 0 N–H and O–H groups in total. The summed E-state index contributed by atoms with van der Waals surface area (Å²) in [6.45, 7) is 10.2. The number of likely N-dealkylation sites (N-methyl/N-ethyl adjacent to an activating group) is 1. The zero-order valence-corrected chi connectivity index (χ0v) is 13.5. The summed E-state index contributed by atoms with van der Waals surface area (Å²) in [5.74, 6) is 1.56. The first-order valence-electron chi connectivity index (χ1n) is 8.16. The van der Waals surface area contributed by atoms with Crippen molar-refractivity contribution in [2.45, 2.75) is 26.2 Å². The first-order valence-corrected chi connectivity index (χ1v) is 8.16. The van der Waals surface area contributed by atoms with Gasteiger partial charge in [-0.25, -0.2) is 0 Å². The van der Waals surface area contributed by atoms with E-state index in [1.165, 1.54) is 6.54 Å². The van der Waals surface area contributed by atoms with Crippen LogP contribution in [0.25, 0.3) is 0 Å². The molecule has 116 valence electrons. The maximum Gasteiger partial charge on any atom is 0.137 e. The van der Waals surface area contributed by atoms with Gasteiger partial charge in [-0.2, -0.15) is 0 Å². The molecule has 1 saturated carbocycles. The zero-order valence-electron chi connectivity index (χ0n) is 13.5. The minimum atomic E-state index is 0.312. The Morgan fingerprint density at radius 3 is 2.45 bits per heavy atom. The molecule has 1 heterocycles. The highest BCUT2D eigenvalue weighted by molar-refractivity contribution is 5.81. The molecular weight excluding hydrogens is 250 g/mol. The molecule has 4 nitrogen and oxygen atoms in total. The lowest BCUT2D eigenvalue weighted by atomic mass is 9.81. The van der Waals surface area contributed by atoms with Crippen molar-refractivity contribution in [1.82, 2.24) is 14.7 Å². The van der Waals surface area contributed by atoms with Gasteiger partial charge in [0, 0.05) is 58.2 Å². The van der Waals surface area contributed by atoms with E-state index < -0.39 is 0 Å². The summed E-state index contributed by atoms with van der Waals surface area (Å²) in [6, 6.07) is 0. The number of piperazine rings is 1. The van der Waals surface area contributed by atoms with Crippen LogP contribution in [-0.2, 0) is 4.79 Å². The maximum absolute atomic E-state index is 12.0. The second kappa shape index (κ2) is 7.53. The molecule has 20 heavy (non-hydrogen) atoms. The van der Waals surface area contributed by atoms with Crippen molar-refractivity contribution < 1.29 is 4.79 Å². The Bertz CT molecular complexity index is 311. The number of ketones is 1. The quantitative estimate of drug-likeness (QED) is 0.756. The average molecular weight is 281 g/mol. The van der Waals surface area contributed by atoms with Gasteiger partial charge in [-0.05, 0) is 32.9 Å². The molecule has 1 aliphatic carbocycles. The fraction of sp³-hybridized carbons (Fsp3) is 0.938. The van der Waals surface area contributed by atoms with E-state index in [0.29, 0.717) is 11.7 Å². The van der Waals surface area contributed by atoms with E-state index in [1.54, 1.807) is 0 Å². The number of hydrogen-bond acceptors (Lipinski definition) is 4. The Morgan fingerprint density at radius 2 is 1.80 bits per heavy atom. The van der Waals surface area contributed by atoms with E-state index in [1.807, 2.05) is 0 Å². The van der Waals surface area contributed by atoms with Crippen LogP contribution in [0.2, 0.25) is 0 Å². The van der Waals surface area contributed by atoms with E-state index in [4.69, 9.17) is 0 Å². The number of hydrogen-bond donors (Lipinski definition) is 0. The van der Waals surface area contributed by atoms with Crippen molar-refractivity contribution in [2.24, 2.45) is 11.8 Å². The molecule has 0 aromatic heterocycles. The van der Waals surface area contributed by atoms with Gasteiger partial charge in [0.2, 0.25) is 0 Å². The lowest BCUT2D eigenvalue weighted by Gasteiger charge is -2.37. The van der Waals surface area contributed by atoms with Crippen LogP contribution in [0.4, 0.5) is 0 Å². The third kappa shape index (κ3) is 4.83. The van der Waals surface area contributed by atoms with Gasteiger partial charge in [0.05, 0.1) is 0 Å². The predicted octanol–water partition coefficient (Wildman–Crippen LogP) is 1.17. The molecule has 0 aromatic rings. The van der Waals surface area contributed by atoms with Crippen LogP contribution in [-0.4, -0.2) is 80.4 Å². The molecule has 2 fully saturated rings. The van der Waals surface area contributed by atoms with E-state index in [9.17, 15) is 4.79 Å². The van der Waals surface area contributed by atoms with Gasteiger partial charge in [0.15, 0.2) is 0 Å². The largest absolute Gasteiger partial charge is 0.308 e. The third-order valence-electron chi connectivity index (χ3n) is 4.83. The average Bonchev–Trinajstić information content (AvgIpc) is 2.42. The molecule has 1 saturated heterocycles. The van der Waals surface area contributed by atoms with Crippen LogP contribution in [0.15, 0.2) is 0 Å². The molecule has 0 aromatic carbocycles. The summed E-state index contributed by atoms with van der Waals surface area (Å²) in [4.78, 5) is 19.3. The SMILES string of the molecule is CC1CCC(=O)C(CN2CCN(CCN(C)C)CC2)C1. The fourth-order valence-electron chi connectivity index (χ4n) is 3.35. The van der Waals surface area contributed by atoms with Gasteiger partial charge in [-0.1, -0.05) is 6.92 Å². The topological polar surface area (TPSA) is 26.8 Å². The highest BCUT2D eigenvalue weighted by atomic mass is 16.1. The first-order chi connectivity index (χ1) is 9.54. The predicted molar refractivity (Wildman–Crippen MR) is 82.9 cm³/mol. The fourth-order valence-corrected chi connectivity index (χ4v) is 3.35. The van der Waals surface area contributed by atoms with Crippen molar-refractivity contribution in [2.75, 3.05) is 59.9 Å². The second-order valence-corrected chi connectivity index (χ2v) is 6.99. The van der Waals surface area contributed by atoms with Crippen LogP contribution in [0, 0.1) is 11.8 Å². The van der Waals surface area contributed by atoms with Crippen molar-refractivity contribution in [3.63, 3.8) is 0 Å². The second-order valence-electron chi connectivity index (χ2n) is 6.99. The van der Waals surface area contributed by atoms with Gasteiger partial charge >= 0.3 is 0 Å². The minimum absolute atomic E-state index is 0.312. The molecule has 2 aliphatic rings. The van der Waals surface area contributed by atoms with Crippen LogP contribution in [0.1, 0.15) is 26.2 Å². The molecule has 2 unspecified atom stereocenters. The van der Waals surface area contributed by atoms with E-state index >= 15 is 0 Å². The molecule has 0 bridgehead atoms. The van der Waals surface area contributed by atoms with Crippen molar-refractivity contribution in [3.8, 4) is 0 Å². The van der Waals surface area contributed by atoms with Crippen molar-refractivity contribution in [3.05, 3.63) is 0 Å². The van der Waals surface area contributed by atoms with Gasteiger partial charge in [0.25, 0.3) is 0 Å². The van der Waals surface area contributed by atoms with Gasteiger partial charge < -0.3 is 9.80 Å². The third-order valence-corrected chi connectivity index (χ3v) is 4.83. The lowest BCUT2D eigenvalue weighted by Crippen LogP contribution is -2.50.